The molecular weight excluding hydrogens is 264 g/mol. The predicted octanol–water partition coefficient (Wildman–Crippen LogP) is 1.37. The van der Waals surface area contributed by atoms with E-state index < -0.39 is 0 Å². The van der Waals surface area contributed by atoms with Gasteiger partial charge in [0, 0.05) is 37.6 Å². The third kappa shape index (κ3) is 3.31. The number of nitrogens with zero attached hydrogens (tertiary/aromatic N) is 3. The molecular formula is C16H20N4O. The first-order valence-corrected chi connectivity index (χ1v) is 7.39. The largest absolute Gasteiger partial charge is 0.340 e. The van der Waals surface area contributed by atoms with Crippen molar-refractivity contribution in [1.29, 1.82) is 0 Å². The smallest absolute Gasteiger partial charge is 0.242 e. The molecule has 0 radical (unpaired) electrons. The van der Waals surface area contributed by atoms with Gasteiger partial charge >= 0.3 is 0 Å². The van der Waals surface area contributed by atoms with Crippen LogP contribution in [-0.2, 0) is 11.3 Å². The van der Waals surface area contributed by atoms with Crippen molar-refractivity contribution in [3.63, 3.8) is 0 Å². The Labute approximate surface area is 124 Å². The maximum absolute atomic E-state index is 12.5. The fraction of sp³-hybridized carbons (Fsp3) is 0.375. The summed E-state index contributed by atoms with van der Waals surface area (Å²) in [5.74, 6) is 1.01. The average molecular weight is 284 g/mol. The first-order valence-electron chi connectivity index (χ1n) is 7.39. The number of rotatable bonds is 3. The van der Waals surface area contributed by atoms with Crippen LogP contribution in [0.25, 0.3) is 11.4 Å². The number of carbonyl (C=O) groups excluding carboxylic acids is 1. The Balaban J connectivity index is 1.73. The Bertz CT molecular complexity index is 585. The van der Waals surface area contributed by atoms with E-state index in [1.807, 2.05) is 46.0 Å². The number of hydrogen-bond donors (Lipinski definition) is 1. The summed E-state index contributed by atoms with van der Waals surface area (Å²) in [6.45, 7) is 3.84. The Morgan fingerprint density at radius 1 is 1.19 bits per heavy atom. The van der Waals surface area contributed by atoms with Gasteiger partial charge in [0.2, 0.25) is 5.91 Å². The molecule has 2 heterocycles. The molecule has 0 saturated carbocycles. The number of nitrogens with one attached hydrogen (secondary N) is 1. The molecule has 0 aliphatic carbocycles. The first kappa shape index (κ1) is 13.8. The van der Waals surface area contributed by atoms with Gasteiger partial charge in [-0.05, 0) is 13.0 Å². The van der Waals surface area contributed by atoms with Crippen LogP contribution in [0.3, 0.4) is 0 Å². The van der Waals surface area contributed by atoms with Crippen LogP contribution in [0.2, 0.25) is 0 Å². The molecule has 1 aromatic carbocycles. The van der Waals surface area contributed by atoms with Gasteiger partial charge in [-0.3, -0.25) is 4.79 Å². The summed E-state index contributed by atoms with van der Waals surface area (Å²) in [5.41, 5.74) is 1.04. The van der Waals surface area contributed by atoms with Crippen molar-refractivity contribution in [1.82, 2.24) is 19.8 Å². The lowest BCUT2D eigenvalue weighted by atomic mass is 10.2. The van der Waals surface area contributed by atoms with Crippen LogP contribution in [-0.4, -0.2) is 46.5 Å². The number of imidazole rings is 1. The quantitative estimate of drug-likeness (QED) is 0.926. The van der Waals surface area contributed by atoms with Crippen molar-refractivity contribution in [2.75, 3.05) is 26.2 Å². The zero-order chi connectivity index (χ0) is 14.5. The van der Waals surface area contributed by atoms with Crippen molar-refractivity contribution in [2.45, 2.75) is 13.0 Å². The molecule has 1 saturated heterocycles. The van der Waals surface area contributed by atoms with Crippen molar-refractivity contribution < 1.29 is 4.79 Å². The highest BCUT2D eigenvalue weighted by atomic mass is 16.2. The number of aromatic nitrogens is 2. The first-order chi connectivity index (χ1) is 10.3. The number of amides is 1. The Hall–Kier alpha value is -2.14. The van der Waals surface area contributed by atoms with Gasteiger partial charge in [-0.1, -0.05) is 30.3 Å². The van der Waals surface area contributed by atoms with Crippen molar-refractivity contribution in [2.24, 2.45) is 0 Å². The van der Waals surface area contributed by atoms with Crippen LogP contribution < -0.4 is 5.32 Å². The van der Waals surface area contributed by atoms with Gasteiger partial charge in [-0.15, -0.1) is 0 Å². The summed E-state index contributed by atoms with van der Waals surface area (Å²) in [7, 11) is 0. The average Bonchev–Trinajstić information content (AvgIpc) is 2.81. The lowest BCUT2D eigenvalue weighted by molar-refractivity contribution is -0.131. The Morgan fingerprint density at radius 3 is 2.90 bits per heavy atom. The highest BCUT2D eigenvalue weighted by Gasteiger charge is 2.17. The van der Waals surface area contributed by atoms with E-state index in [-0.39, 0.29) is 5.91 Å². The van der Waals surface area contributed by atoms with Crippen LogP contribution in [0, 0.1) is 0 Å². The monoisotopic (exact) mass is 284 g/mol. The third-order valence-corrected chi connectivity index (χ3v) is 3.75. The summed E-state index contributed by atoms with van der Waals surface area (Å²) in [6.07, 6.45) is 4.64. The molecule has 0 spiro atoms. The minimum Gasteiger partial charge on any atom is -0.340 e. The third-order valence-electron chi connectivity index (χ3n) is 3.75. The molecule has 0 unspecified atom stereocenters. The topological polar surface area (TPSA) is 50.2 Å². The van der Waals surface area contributed by atoms with Crippen LogP contribution in [0.15, 0.2) is 42.7 Å². The van der Waals surface area contributed by atoms with Gasteiger partial charge in [0.05, 0.1) is 0 Å². The summed E-state index contributed by atoms with van der Waals surface area (Å²) < 4.78 is 1.93. The second-order valence-electron chi connectivity index (χ2n) is 5.23. The summed E-state index contributed by atoms with van der Waals surface area (Å²) in [5, 5.41) is 3.32. The molecule has 5 heteroatoms. The highest BCUT2D eigenvalue weighted by molar-refractivity contribution is 5.76. The fourth-order valence-electron chi connectivity index (χ4n) is 2.63. The number of carbonyl (C=O) groups is 1. The van der Waals surface area contributed by atoms with E-state index >= 15 is 0 Å². The van der Waals surface area contributed by atoms with Crippen molar-refractivity contribution >= 4 is 5.91 Å². The molecule has 2 aromatic rings. The molecule has 1 amide bonds. The van der Waals surface area contributed by atoms with Crippen LogP contribution in [0.4, 0.5) is 0 Å². The minimum atomic E-state index is 0.161. The van der Waals surface area contributed by atoms with Gasteiger partial charge in [0.25, 0.3) is 0 Å². The fourth-order valence-corrected chi connectivity index (χ4v) is 2.63. The SMILES string of the molecule is O=C(Cn1ccnc1-c1ccccc1)N1CCCNCC1. The lowest BCUT2D eigenvalue weighted by Gasteiger charge is -2.20. The lowest BCUT2D eigenvalue weighted by Crippen LogP contribution is -2.36. The molecule has 0 atom stereocenters. The molecule has 1 N–H and O–H groups in total. The zero-order valence-corrected chi connectivity index (χ0v) is 12.0. The molecule has 110 valence electrons. The second-order valence-corrected chi connectivity index (χ2v) is 5.23. The van der Waals surface area contributed by atoms with Gasteiger partial charge in [0.15, 0.2) is 0 Å². The van der Waals surface area contributed by atoms with Crippen LogP contribution in [0.1, 0.15) is 6.42 Å². The van der Waals surface area contributed by atoms with Gasteiger partial charge < -0.3 is 14.8 Å². The molecule has 3 rings (SSSR count). The molecule has 5 nitrogen and oxygen atoms in total. The predicted molar refractivity (Wildman–Crippen MR) is 81.7 cm³/mol. The van der Waals surface area contributed by atoms with Crippen LogP contribution in [0.5, 0.6) is 0 Å². The second kappa shape index (κ2) is 6.54. The van der Waals surface area contributed by atoms with Gasteiger partial charge in [0.1, 0.15) is 12.4 Å². The Morgan fingerprint density at radius 2 is 2.05 bits per heavy atom. The minimum absolute atomic E-state index is 0.161. The summed E-state index contributed by atoms with van der Waals surface area (Å²) >= 11 is 0. The van der Waals surface area contributed by atoms with E-state index in [0.29, 0.717) is 6.54 Å². The zero-order valence-electron chi connectivity index (χ0n) is 12.0. The number of benzene rings is 1. The van der Waals surface area contributed by atoms with Gasteiger partial charge in [-0.25, -0.2) is 4.98 Å². The van der Waals surface area contributed by atoms with E-state index in [1.165, 1.54) is 0 Å². The normalized spacial score (nSPS) is 15.7. The molecule has 21 heavy (non-hydrogen) atoms. The molecule has 1 aromatic heterocycles. The Kier molecular flexibility index (Phi) is 4.31. The van der Waals surface area contributed by atoms with Crippen molar-refractivity contribution in [3.05, 3.63) is 42.7 Å². The molecule has 1 aliphatic heterocycles. The van der Waals surface area contributed by atoms with E-state index in [2.05, 4.69) is 10.3 Å². The van der Waals surface area contributed by atoms with Gasteiger partial charge in [-0.2, -0.15) is 0 Å². The van der Waals surface area contributed by atoms with E-state index in [9.17, 15) is 4.79 Å². The molecule has 1 aliphatic rings. The van der Waals surface area contributed by atoms with E-state index in [1.54, 1.807) is 6.20 Å². The standard InChI is InChI=1S/C16H20N4O/c21-15(19-10-4-7-17-8-11-19)13-20-12-9-18-16(20)14-5-2-1-3-6-14/h1-3,5-6,9,12,17H,4,7-8,10-11,13H2. The number of hydrogen-bond acceptors (Lipinski definition) is 3. The maximum Gasteiger partial charge on any atom is 0.242 e. The van der Waals surface area contributed by atoms with Crippen LogP contribution >= 0.6 is 0 Å². The summed E-state index contributed by atoms with van der Waals surface area (Å²) in [4.78, 5) is 18.8. The van der Waals surface area contributed by atoms with E-state index in [0.717, 1.165) is 44.0 Å². The highest BCUT2D eigenvalue weighted by Crippen LogP contribution is 2.16. The summed E-state index contributed by atoms with van der Waals surface area (Å²) in [6, 6.07) is 9.97. The maximum atomic E-state index is 12.5. The van der Waals surface area contributed by atoms with Crippen molar-refractivity contribution in [3.8, 4) is 11.4 Å². The van der Waals surface area contributed by atoms with E-state index in [4.69, 9.17) is 0 Å². The molecule has 1 fully saturated rings. The molecule has 0 bridgehead atoms.